The predicted octanol–water partition coefficient (Wildman–Crippen LogP) is 2.46. The summed E-state index contributed by atoms with van der Waals surface area (Å²) in [5, 5.41) is 7.09. The highest BCUT2D eigenvalue weighted by atomic mass is 16.5. The molecule has 0 spiro atoms. The van der Waals surface area contributed by atoms with E-state index in [1.807, 2.05) is 37.3 Å². The van der Waals surface area contributed by atoms with Crippen molar-refractivity contribution < 1.29 is 9.53 Å². The van der Waals surface area contributed by atoms with Crippen molar-refractivity contribution in [2.24, 2.45) is 0 Å². The summed E-state index contributed by atoms with van der Waals surface area (Å²) in [7, 11) is 3.34. The van der Waals surface area contributed by atoms with Crippen molar-refractivity contribution in [3.8, 4) is 17.0 Å². The minimum absolute atomic E-state index is 0.0260. The van der Waals surface area contributed by atoms with Gasteiger partial charge in [0.15, 0.2) is 5.82 Å². The summed E-state index contributed by atoms with van der Waals surface area (Å²) >= 11 is 0. The van der Waals surface area contributed by atoms with Gasteiger partial charge in [0.1, 0.15) is 5.75 Å². The second kappa shape index (κ2) is 5.56. The van der Waals surface area contributed by atoms with Crippen LogP contribution in [0.4, 0.5) is 5.82 Å². The molecule has 1 aromatic heterocycles. The molecule has 2 rings (SSSR count). The number of amides is 1. The second-order valence-electron chi connectivity index (χ2n) is 4.15. The van der Waals surface area contributed by atoms with Crippen LogP contribution in [-0.2, 0) is 4.79 Å². The topological polar surface area (TPSA) is 58.2 Å². The van der Waals surface area contributed by atoms with Gasteiger partial charge in [-0.15, -0.1) is 0 Å². The van der Waals surface area contributed by atoms with Crippen LogP contribution in [0.3, 0.4) is 0 Å². The third kappa shape index (κ3) is 2.59. The van der Waals surface area contributed by atoms with E-state index < -0.39 is 0 Å². The largest absolute Gasteiger partial charge is 0.496 e. The van der Waals surface area contributed by atoms with Gasteiger partial charge in [0.05, 0.1) is 12.8 Å². The molecule has 0 radical (unpaired) electrons. The zero-order valence-corrected chi connectivity index (χ0v) is 11.3. The van der Waals surface area contributed by atoms with Crippen LogP contribution < -0.4 is 9.64 Å². The molecule has 0 atom stereocenters. The highest BCUT2D eigenvalue weighted by Crippen LogP contribution is 2.29. The van der Waals surface area contributed by atoms with Crippen molar-refractivity contribution in [2.45, 2.75) is 13.3 Å². The fourth-order valence-electron chi connectivity index (χ4n) is 1.85. The molecule has 0 unspecified atom stereocenters. The van der Waals surface area contributed by atoms with Gasteiger partial charge in [0.25, 0.3) is 0 Å². The van der Waals surface area contributed by atoms with Gasteiger partial charge in [0, 0.05) is 25.1 Å². The molecule has 1 N–H and O–H groups in total. The van der Waals surface area contributed by atoms with Crippen LogP contribution in [0, 0.1) is 0 Å². The Bertz CT molecular complexity index is 578. The van der Waals surface area contributed by atoms with E-state index in [0.29, 0.717) is 12.2 Å². The summed E-state index contributed by atoms with van der Waals surface area (Å²) in [6, 6.07) is 9.51. The first-order valence-electron chi connectivity index (χ1n) is 6.12. The van der Waals surface area contributed by atoms with E-state index in [2.05, 4.69) is 10.2 Å². The SMILES string of the molecule is CCC(=O)N(C)c1cc(-c2ccccc2OC)[nH]n1. The molecule has 1 aromatic carbocycles. The molecule has 5 nitrogen and oxygen atoms in total. The number of anilines is 1. The Kier molecular flexibility index (Phi) is 3.85. The first kappa shape index (κ1) is 13.1. The van der Waals surface area contributed by atoms with Crippen molar-refractivity contribution in [2.75, 3.05) is 19.1 Å². The number of H-pyrrole nitrogens is 1. The Morgan fingerprint density at radius 3 is 2.84 bits per heavy atom. The van der Waals surface area contributed by atoms with Gasteiger partial charge in [0.2, 0.25) is 5.91 Å². The van der Waals surface area contributed by atoms with Crippen LogP contribution in [0.2, 0.25) is 0 Å². The summed E-state index contributed by atoms with van der Waals surface area (Å²) in [4.78, 5) is 13.2. The molecular weight excluding hydrogens is 242 g/mol. The van der Waals surface area contributed by atoms with Crippen molar-refractivity contribution in [1.29, 1.82) is 0 Å². The molecule has 0 aliphatic rings. The van der Waals surface area contributed by atoms with Crippen LogP contribution in [0.1, 0.15) is 13.3 Å². The average Bonchev–Trinajstić information content (AvgIpc) is 2.95. The van der Waals surface area contributed by atoms with E-state index in [0.717, 1.165) is 17.0 Å². The molecule has 0 saturated carbocycles. The van der Waals surface area contributed by atoms with E-state index in [1.165, 1.54) is 4.90 Å². The number of aromatic nitrogens is 2. The summed E-state index contributed by atoms with van der Waals surface area (Å²) < 4.78 is 5.31. The molecule has 2 aromatic rings. The van der Waals surface area contributed by atoms with Crippen LogP contribution in [0.5, 0.6) is 5.75 Å². The predicted molar refractivity (Wildman–Crippen MR) is 74.3 cm³/mol. The maximum atomic E-state index is 11.6. The van der Waals surface area contributed by atoms with Gasteiger partial charge in [-0.2, -0.15) is 5.10 Å². The first-order valence-corrected chi connectivity index (χ1v) is 6.12. The molecule has 0 saturated heterocycles. The number of methoxy groups -OCH3 is 1. The van der Waals surface area contributed by atoms with E-state index >= 15 is 0 Å². The summed E-state index contributed by atoms with van der Waals surface area (Å²) in [6.45, 7) is 1.83. The number of nitrogens with zero attached hydrogens (tertiary/aromatic N) is 2. The highest BCUT2D eigenvalue weighted by molar-refractivity contribution is 5.92. The number of para-hydroxylation sites is 1. The molecule has 0 aliphatic carbocycles. The monoisotopic (exact) mass is 259 g/mol. The van der Waals surface area contributed by atoms with Gasteiger partial charge >= 0.3 is 0 Å². The van der Waals surface area contributed by atoms with Crippen LogP contribution >= 0.6 is 0 Å². The maximum Gasteiger partial charge on any atom is 0.227 e. The number of nitrogens with one attached hydrogen (secondary N) is 1. The number of hydrogen-bond donors (Lipinski definition) is 1. The molecule has 1 amide bonds. The van der Waals surface area contributed by atoms with E-state index in [4.69, 9.17) is 4.74 Å². The van der Waals surface area contributed by atoms with Crippen molar-refractivity contribution >= 4 is 11.7 Å². The van der Waals surface area contributed by atoms with Gasteiger partial charge in [-0.3, -0.25) is 14.8 Å². The summed E-state index contributed by atoms with van der Waals surface area (Å²) in [5.41, 5.74) is 1.74. The van der Waals surface area contributed by atoms with Gasteiger partial charge in [-0.1, -0.05) is 19.1 Å². The molecule has 19 heavy (non-hydrogen) atoms. The van der Waals surface area contributed by atoms with Crippen LogP contribution in [0.25, 0.3) is 11.3 Å². The van der Waals surface area contributed by atoms with Gasteiger partial charge in [-0.25, -0.2) is 0 Å². The lowest BCUT2D eigenvalue weighted by molar-refractivity contribution is -0.118. The number of benzene rings is 1. The van der Waals surface area contributed by atoms with Gasteiger partial charge < -0.3 is 4.74 Å². The summed E-state index contributed by atoms with van der Waals surface area (Å²) in [5.74, 6) is 1.40. The van der Waals surface area contributed by atoms with Crippen molar-refractivity contribution in [1.82, 2.24) is 10.2 Å². The quantitative estimate of drug-likeness (QED) is 0.917. The number of rotatable bonds is 4. The zero-order valence-electron chi connectivity index (χ0n) is 11.3. The van der Waals surface area contributed by atoms with Crippen molar-refractivity contribution in [3.05, 3.63) is 30.3 Å². The average molecular weight is 259 g/mol. The highest BCUT2D eigenvalue weighted by Gasteiger charge is 2.14. The molecule has 0 bridgehead atoms. The third-order valence-corrected chi connectivity index (χ3v) is 2.98. The Morgan fingerprint density at radius 2 is 2.16 bits per heavy atom. The first-order chi connectivity index (χ1) is 9.17. The smallest absolute Gasteiger partial charge is 0.227 e. The standard InChI is InChI=1S/C14H17N3O2/c1-4-14(18)17(2)13-9-11(15-16-13)10-7-5-6-8-12(10)19-3/h5-9H,4H2,1-3H3,(H,15,16). The minimum Gasteiger partial charge on any atom is -0.496 e. The lowest BCUT2D eigenvalue weighted by atomic mass is 10.1. The van der Waals surface area contributed by atoms with Gasteiger partial charge in [-0.05, 0) is 12.1 Å². The van der Waals surface area contributed by atoms with E-state index in [1.54, 1.807) is 14.2 Å². The zero-order chi connectivity index (χ0) is 13.8. The molecule has 100 valence electrons. The molecule has 0 fully saturated rings. The molecular formula is C14H17N3O2. The maximum absolute atomic E-state index is 11.6. The van der Waals surface area contributed by atoms with Crippen LogP contribution in [-0.4, -0.2) is 30.3 Å². The number of carbonyl (C=O) groups is 1. The van der Waals surface area contributed by atoms with E-state index in [9.17, 15) is 4.79 Å². The lowest BCUT2D eigenvalue weighted by Gasteiger charge is -2.11. The Hall–Kier alpha value is -2.30. The Balaban J connectivity index is 2.33. The fourth-order valence-corrected chi connectivity index (χ4v) is 1.85. The summed E-state index contributed by atoms with van der Waals surface area (Å²) in [6.07, 6.45) is 0.452. The normalized spacial score (nSPS) is 10.3. The molecule has 1 heterocycles. The van der Waals surface area contributed by atoms with Crippen molar-refractivity contribution in [3.63, 3.8) is 0 Å². The number of ether oxygens (including phenoxy) is 1. The number of carbonyl (C=O) groups excluding carboxylic acids is 1. The molecule has 0 aliphatic heterocycles. The van der Waals surface area contributed by atoms with Crippen LogP contribution in [0.15, 0.2) is 30.3 Å². The lowest BCUT2D eigenvalue weighted by Crippen LogP contribution is -2.25. The Morgan fingerprint density at radius 1 is 1.42 bits per heavy atom. The minimum atomic E-state index is 0.0260. The number of hydrogen-bond acceptors (Lipinski definition) is 3. The number of aromatic amines is 1. The van der Waals surface area contributed by atoms with E-state index in [-0.39, 0.29) is 5.91 Å². The molecule has 5 heteroatoms. The Labute approximate surface area is 112 Å². The fraction of sp³-hybridized carbons (Fsp3) is 0.286. The second-order valence-corrected chi connectivity index (χ2v) is 4.15. The third-order valence-electron chi connectivity index (χ3n) is 2.98.